The summed E-state index contributed by atoms with van der Waals surface area (Å²) >= 11 is 0. The van der Waals surface area contributed by atoms with Crippen molar-refractivity contribution in [3.63, 3.8) is 0 Å². The molecule has 1 aliphatic heterocycles. The molecule has 1 aromatic carbocycles. The average Bonchev–Trinajstić information content (AvgIpc) is 2.57. The molecule has 0 bridgehead atoms. The lowest BCUT2D eigenvalue weighted by Gasteiger charge is -2.32. The number of hydrogen-bond donors (Lipinski definition) is 0. The van der Waals surface area contributed by atoms with Gasteiger partial charge in [0, 0.05) is 19.7 Å². The Bertz CT molecular complexity index is 510. The second-order valence-corrected chi connectivity index (χ2v) is 6.38. The molecule has 4 nitrogen and oxygen atoms in total. The van der Waals surface area contributed by atoms with Crippen molar-refractivity contribution in [3.05, 3.63) is 29.8 Å². The van der Waals surface area contributed by atoms with E-state index in [0.29, 0.717) is 5.56 Å². The first kappa shape index (κ1) is 15.1. The molecule has 0 saturated carbocycles. The SMILES string of the molecule is CN(C)C(=O)c1ccccc1B1OC(C)(C)C(C)(C)O1. The van der Waals surface area contributed by atoms with Gasteiger partial charge < -0.3 is 14.2 Å². The van der Waals surface area contributed by atoms with Crippen LogP contribution in [0.4, 0.5) is 0 Å². The molecule has 0 spiro atoms. The molecule has 5 heteroatoms. The van der Waals surface area contributed by atoms with E-state index in [2.05, 4.69) is 0 Å². The van der Waals surface area contributed by atoms with E-state index in [9.17, 15) is 4.79 Å². The zero-order chi connectivity index (χ0) is 15.1. The van der Waals surface area contributed by atoms with Crippen molar-refractivity contribution >= 4 is 18.5 Å². The number of hydrogen-bond acceptors (Lipinski definition) is 3. The Hall–Kier alpha value is -1.33. The predicted molar refractivity (Wildman–Crippen MR) is 80.2 cm³/mol. The van der Waals surface area contributed by atoms with Gasteiger partial charge in [-0.25, -0.2) is 0 Å². The van der Waals surface area contributed by atoms with Crippen LogP contribution in [0.5, 0.6) is 0 Å². The fraction of sp³-hybridized carbons (Fsp3) is 0.533. The van der Waals surface area contributed by atoms with Crippen molar-refractivity contribution < 1.29 is 14.1 Å². The zero-order valence-corrected chi connectivity index (χ0v) is 13.1. The Morgan fingerprint density at radius 1 is 1.05 bits per heavy atom. The predicted octanol–water partition coefficient (Wildman–Crippen LogP) is 1.69. The highest BCUT2D eigenvalue weighted by atomic mass is 16.7. The van der Waals surface area contributed by atoms with Gasteiger partial charge in [0.25, 0.3) is 5.91 Å². The summed E-state index contributed by atoms with van der Waals surface area (Å²) in [5.74, 6) is -0.0460. The fourth-order valence-electron chi connectivity index (χ4n) is 2.11. The van der Waals surface area contributed by atoms with Crippen LogP contribution in [0.25, 0.3) is 0 Å². The minimum atomic E-state index is -0.514. The first-order valence-corrected chi connectivity index (χ1v) is 6.82. The molecule has 0 aromatic heterocycles. The maximum atomic E-state index is 12.3. The van der Waals surface area contributed by atoms with Crippen molar-refractivity contribution in [1.82, 2.24) is 4.90 Å². The third-order valence-corrected chi connectivity index (χ3v) is 4.10. The topological polar surface area (TPSA) is 38.8 Å². The van der Waals surface area contributed by atoms with E-state index in [1.807, 2.05) is 52.0 Å². The van der Waals surface area contributed by atoms with Crippen LogP contribution >= 0.6 is 0 Å². The number of rotatable bonds is 2. The molecule has 0 N–H and O–H groups in total. The van der Waals surface area contributed by atoms with E-state index in [1.54, 1.807) is 19.0 Å². The Kier molecular flexibility index (Phi) is 3.69. The summed E-state index contributed by atoms with van der Waals surface area (Å²) in [6, 6.07) is 7.44. The molecule has 20 heavy (non-hydrogen) atoms. The number of nitrogens with zero attached hydrogens (tertiary/aromatic N) is 1. The molecule has 1 aromatic rings. The summed E-state index contributed by atoms with van der Waals surface area (Å²) in [4.78, 5) is 13.8. The molecule has 0 radical (unpaired) electrons. The molecule has 1 heterocycles. The molecule has 1 fully saturated rings. The van der Waals surface area contributed by atoms with Gasteiger partial charge in [0.15, 0.2) is 0 Å². The van der Waals surface area contributed by atoms with Crippen LogP contribution in [-0.4, -0.2) is 43.2 Å². The van der Waals surface area contributed by atoms with Crippen LogP contribution in [-0.2, 0) is 9.31 Å². The van der Waals surface area contributed by atoms with E-state index in [1.165, 1.54) is 0 Å². The summed E-state index contributed by atoms with van der Waals surface area (Å²) in [5.41, 5.74) is 0.582. The number of carbonyl (C=O) groups is 1. The van der Waals surface area contributed by atoms with E-state index >= 15 is 0 Å². The molecule has 1 amide bonds. The van der Waals surface area contributed by atoms with Crippen LogP contribution in [0.2, 0.25) is 0 Å². The quantitative estimate of drug-likeness (QED) is 0.771. The first-order valence-electron chi connectivity index (χ1n) is 6.82. The molecular formula is C15H22BNO3. The molecule has 108 valence electrons. The molecule has 0 unspecified atom stereocenters. The van der Waals surface area contributed by atoms with E-state index in [4.69, 9.17) is 9.31 Å². The molecule has 0 atom stereocenters. The summed E-state index contributed by atoms with van der Waals surface area (Å²) in [6.45, 7) is 8.01. The highest BCUT2D eigenvalue weighted by molar-refractivity contribution is 6.63. The zero-order valence-electron chi connectivity index (χ0n) is 13.1. The van der Waals surface area contributed by atoms with Crippen LogP contribution in [0.3, 0.4) is 0 Å². The Labute approximate surface area is 121 Å². The van der Waals surface area contributed by atoms with Gasteiger partial charge in [-0.05, 0) is 39.2 Å². The summed E-state index contributed by atoms with van der Waals surface area (Å²) in [7, 11) is 2.97. The van der Waals surface area contributed by atoms with Crippen LogP contribution in [0, 0.1) is 0 Å². The van der Waals surface area contributed by atoms with Gasteiger partial charge >= 0.3 is 7.12 Å². The highest BCUT2D eigenvalue weighted by Gasteiger charge is 2.52. The van der Waals surface area contributed by atoms with E-state index in [0.717, 1.165) is 5.46 Å². The van der Waals surface area contributed by atoms with E-state index < -0.39 is 18.3 Å². The first-order chi connectivity index (χ1) is 9.16. The van der Waals surface area contributed by atoms with Gasteiger partial charge in [-0.1, -0.05) is 18.2 Å². The molecule has 0 aliphatic carbocycles. The standard InChI is InChI=1S/C15H22BNO3/c1-14(2)15(3,4)20-16(19-14)12-10-8-7-9-11(12)13(18)17(5)6/h7-10H,1-6H3. The lowest BCUT2D eigenvalue weighted by molar-refractivity contribution is 0.00578. The Balaban J connectivity index is 2.39. The van der Waals surface area contributed by atoms with Crippen molar-refractivity contribution in [2.75, 3.05) is 14.1 Å². The van der Waals surface area contributed by atoms with Crippen LogP contribution in [0.1, 0.15) is 38.1 Å². The smallest absolute Gasteiger partial charge is 0.399 e. The van der Waals surface area contributed by atoms with Crippen molar-refractivity contribution in [2.24, 2.45) is 0 Å². The van der Waals surface area contributed by atoms with Crippen molar-refractivity contribution in [3.8, 4) is 0 Å². The van der Waals surface area contributed by atoms with Crippen molar-refractivity contribution in [2.45, 2.75) is 38.9 Å². The minimum Gasteiger partial charge on any atom is -0.399 e. The Morgan fingerprint density at radius 3 is 2.05 bits per heavy atom. The molecular weight excluding hydrogens is 253 g/mol. The maximum absolute atomic E-state index is 12.3. The lowest BCUT2D eigenvalue weighted by Crippen LogP contribution is -2.41. The van der Waals surface area contributed by atoms with Crippen LogP contribution < -0.4 is 5.46 Å². The maximum Gasteiger partial charge on any atom is 0.495 e. The van der Waals surface area contributed by atoms with Gasteiger partial charge in [0.1, 0.15) is 0 Å². The third kappa shape index (κ3) is 2.48. The van der Waals surface area contributed by atoms with Gasteiger partial charge in [-0.15, -0.1) is 0 Å². The number of carbonyl (C=O) groups excluding carboxylic acids is 1. The number of amides is 1. The molecule has 1 aliphatic rings. The van der Waals surface area contributed by atoms with Gasteiger partial charge in [-0.3, -0.25) is 4.79 Å². The minimum absolute atomic E-state index is 0.0460. The normalized spacial score (nSPS) is 20.0. The van der Waals surface area contributed by atoms with E-state index in [-0.39, 0.29) is 5.91 Å². The lowest BCUT2D eigenvalue weighted by atomic mass is 9.75. The van der Waals surface area contributed by atoms with Gasteiger partial charge in [-0.2, -0.15) is 0 Å². The monoisotopic (exact) mass is 275 g/mol. The van der Waals surface area contributed by atoms with Crippen LogP contribution in [0.15, 0.2) is 24.3 Å². The average molecular weight is 275 g/mol. The summed E-state index contributed by atoms with van der Waals surface area (Å²) < 4.78 is 12.1. The Morgan fingerprint density at radius 2 is 1.55 bits per heavy atom. The molecule has 1 saturated heterocycles. The molecule has 2 rings (SSSR count). The summed E-state index contributed by atoms with van der Waals surface area (Å²) in [6.07, 6.45) is 0. The third-order valence-electron chi connectivity index (χ3n) is 4.10. The second kappa shape index (κ2) is 4.90. The van der Waals surface area contributed by atoms with Gasteiger partial charge in [0.2, 0.25) is 0 Å². The van der Waals surface area contributed by atoms with Gasteiger partial charge in [0.05, 0.1) is 11.2 Å². The highest BCUT2D eigenvalue weighted by Crippen LogP contribution is 2.36. The second-order valence-electron chi connectivity index (χ2n) is 6.38. The fourth-order valence-corrected chi connectivity index (χ4v) is 2.11. The number of benzene rings is 1. The van der Waals surface area contributed by atoms with Crippen molar-refractivity contribution in [1.29, 1.82) is 0 Å². The summed E-state index contributed by atoms with van der Waals surface area (Å²) in [5, 5.41) is 0. The largest absolute Gasteiger partial charge is 0.495 e.